The van der Waals surface area contributed by atoms with Gasteiger partial charge in [0.2, 0.25) is 5.78 Å². The van der Waals surface area contributed by atoms with Crippen molar-refractivity contribution in [3.63, 3.8) is 0 Å². The van der Waals surface area contributed by atoms with Gasteiger partial charge in [-0.15, -0.1) is 0 Å². The zero-order valence-electron chi connectivity index (χ0n) is 16.1. The number of furan rings is 1. The minimum absolute atomic E-state index is 0.0718. The number of ether oxygens (including phenoxy) is 1. The number of Topliss-reactive ketones (excluding diaryl/α,β-unsaturated/α-hetero) is 1. The van der Waals surface area contributed by atoms with Crippen molar-refractivity contribution in [2.24, 2.45) is 0 Å². The summed E-state index contributed by atoms with van der Waals surface area (Å²) >= 11 is 0. The molecule has 1 aromatic heterocycles. The first-order valence-corrected chi connectivity index (χ1v) is 9.84. The second-order valence-electron chi connectivity index (χ2n) is 7.19. The van der Waals surface area contributed by atoms with E-state index in [1.165, 1.54) is 12.3 Å². The zero-order chi connectivity index (χ0) is 20.2. The fraction of sp³-hybridized carbons (Fsp3) is 0.364. The molecule has 0 aliphatic carbocycles. The smallest absolute Gasteiger partial charge is 0.290 e. The molecule has 0 radical (unpaired) electrons. The van der Waals surface area contributed by atoms with Gasteiger partial charge in [-0.1, -0.05) is 30.3 Å². The monoisotopic (exact) mass is 396 g/mol. The standard InChI is InChI=1S/C22H24N2O5/c25-20(17-8-4-13-29-17)18-19(16-6-2-1-3-7-16)24(22(27)21(18)26)10-5-9-23-11-14-28-15-12-23/h1-4,6-8,13,19,26H,5,9-12,14-15H2/t19-/m0/s1. The Morgan fingerprint density at radius 1 is 1.07 bits per heavy atom. The quantitative estimate of drug-likeness (QED) is 0.725. The number of aliphatic hydroxyl groups is 1. The Kier molecular flexibility index (Phi) is 5.78. The van der Waals surface area contributed by atoms with E-state index in [2.05, 4.69) is 4.90 Å². The Balaban J connectivity index is 1.57. The number of benzene rings is 1. The topological polar surface area (TPSA) is 83.2 Å². The zero-order valence-corrected chi connectivity index (χ0v) is 16.1. The summed E-state index contributed by atoms with van der Waals surface area (Å²) in [7, 11) is 0. The minimum atomic E-state index is -0.633. The average molecular weight is 396 g/mol. The van der Waals surface area contributed by atoms with E-state index in [1.54, 1.807) is 11.0 Å². The highest BCUT2D eigenvalue weighted by Gasteiger charge is 2.44. The Bertz CT molecular complexity index is 885. The molecule has 0 unspecified atom stereocenters. The molecule has 7 nitrogen and oxygen atoms in total. The first-order valence-electron chi connectivity index (χ1n) is 9.84. The molecule has 4 rings (SSSR count). The van der Waals surface area contributed by atoms with Crippen molar-refractivity contribution in [3.8, 4) is 0 Å². The van der Waals surface area contributed by atoms with Gasteiger partial charge in [0.25, 0.3) is 5.91 Å². The summed E-state index contributed by atoms with van der Waals surface area (Å²) in [4.78, 5) is 29.7. The molecule has 0 saturated carbocycles. The van der Waals surface area contributed by atoms with Crippen LogP contribution in [-0.2, 0) is 9.53 Å². The average Bonchev–Trinajstić information content (AvgIpc) is 3.38. The van der Waals surface area contributed by atoms with Crippen LogP contribution in [0.2, 0.25) is 0 Å². The minimum Gasteiger partial charge on any atom is -0.503 e. The predicted molar refractivity (Wildman–Crippen MR) is 105 cm³/mol. The number of nitrogens with zero attached hydrogens (tertiary/aromatic N) is 2. The van der Waals surface area contributed by atoms with E-state index in [1.807, 2.05) is 30.3 Å². The Hall–Kier alpha value is -2.90. The maximum Gasteiger partial charge on any atom is 0.290 e. The fourth-order valence-electron chi connectivity index (χ4n) is 3.93. The van der Waals surface area contributed by atoms with Crippen LogP contribution in [0.15, 0.2) is 64.5 Å². The third kappa shape index (κ3) is 3.97. The van der Waals surface area contributed by atoms with Crippen LogP contribution in [0.1, 0.15) is 28.6 Å². The van der Waals surface area contributed by atoms with Crippen LogP contribution < -0.4 is 0 Å². The predicted octanol–water partition coefficient (Wildman–Crippen LogP) is 2.58. The van der Waals surface area contributed by atoms with Gasteiger partial charge < -0.3 is 19.2 Å². The van der Waals surface area contributed by atoms with Gasteiger partial charge in [0, 0.05) is 26.2 Å². The van der Waals surface area contributed by atoms with Gasteiger partial charge in [-0.3, -0.25) is 14.5 Å². The fourth-order valence-corrected chi connectivity index (χ4v) is 3.93. The largest absolute Gasteiger partial charge is 0.503 e. The summed E-state index contributed by atoms with van der Waals surface area (Å²) < 4.78 is 10.6. The number of carbonyl (C=O) groups is 2. The number of carbonyl (C=O) groups excluding carboxylic acids is 2. The van der Waals surface area contributed by atoms with Gasteiger partial charge in [0.1, 0.15) is 0 Å². The number of aliphatic hydroxyl groups excluding tert-OH is 1. The summed E-state index contributed by atoms with van der Waals surface area (Å²) in [6.07, 6.45) is 2.14. The highest BCUT2D eigenvalue weighted by atomic mass is 16.5. The van der Waals surface area contributed by atoms with E-state index in [-0.39, 0.29) is 11.3 Å². The molecule has 1 atom stereocenters. The molecule has 3 heterocycles. The van der Waals surface area contributed by atoms with Crippen LogP contribution in [-0.4, -0.2) is 66.0 Å². The van der Waals surface area contributed by atoms with Gasteiger partial charge in [-0.05, 0) is 24.1 Å². The van der Waals surface area contributed by atoms with Crippen LogP contribution >= 0.6 is 0 Å². The molecule has 1 saturated heterocycles. The Morgan fingerprint density at radius 3 is 2.52 bits per heavy atom. The van der Waals surface area contributed by atoms with Crippen LogP contribution in [0, 0.1) is 0 Å². The molecule has 1 fully saturated rings. The van der Waals surface area contributed by atoms with Crippen LogP contribution in [0.3, 0.4) is 0 Å². The molecular formula is C22H24N2O5. The number of hydrogen-bond acceptors (Lipinski definition) is 6. The van der Waals surface area contributed by atoms with E-state index in [4.69, 9.17) is 9.15 Å². The van der Waals surface area contributed by atoms with E-state index in [9.17, 15) is 14.7 Å². The number of ketones is 1. The Morgan fingerprint density at radius 2 is 1.83 bits per heavy atom. The molecular weight excluding hydrogens is 372 g/mol. The van der Waals surface area contributed by atoms with E-state index >= 15 is 0 Å². The molecule has 152 valence electrons. The maximum absolute atomic E-state index is 13.0. The molecule has 0 bridgehead atoms. The van der Waals surface area contributed by atoms with Gasteiger partial charge in [-0.2, -0.15) is 0 Å². The molecule has 1 N–H and O–H groups in total. The van der Waals surface area contributed by atoms with Gasteiger partial charge in [0.05, 0.1) is 31.1 Å². The van der Waals surface area contributed by atoms with Gasteiger partial charge in [0.15, 0.2) is 11.5 Å². The summed E-state index contributed by atoms with van der Waals surface area (Å²) in [6.45, 7) is 4.47. The van der Waals surface area contributed by atoms with E-state index in [0.29, 0.717) is 6.54 Å². The highest BCUT2D eigenvalue weighted by Crippen LogP contribution is 2.39. The Labute approximate surface area is 169 Å². The van der Waals surface area contributed by atoms with Crippen LogP contribution in [0.5, 0.6) is 0 Å². The highest BCUT2D eigenvalue weighted by molar-refractivity contribution is 6.14. The van der Waals surface area contributed by atoms with Crippen molar-refractivity contribution in [1.29, 1.82) is 0 Å². The molecule has 2 aromatic rings. The summed E-state index contributed by atoms with van der Waals surface area (Å²) in [5.74, 6) is -1.37. The van der Waals surface area contributed by atoms with Crippen molar-refractivity contribution in [1.82, 2.24) is 9.80 Å². The number of amides is 1. The van der Waals surface area contributed by atoms with Gasteiger partial charge >= 0.3 is 0 Å². The summed E-state index contributed by atoms with van der Waals surface area (Å²) in [5.41, 5.74) is 0.855. The van der Waals surface area contributed by atoms with Crippen molar-refractivity contribution >= 4 is 11.7 Å². The van der Waals surface area contributed by atoms with Crippen molar-refractivity contribution in [2.75, 3.05) is 39.4 Å². The van der Waals surface area contributed by atoms with Crippen molar-refractivity contribution in [3.05, 3.63) is 71.4 Å². The molecule has 0 spiro atoms. The first-order chi connectivity index (χ1) is 14.2. The lowest BCUT2D eigenvalue weighted by Gasteiger charge is -2.29. The van der Waals surface area contributed by atoms with Crippen LogP contribution in [0.25, 0.3) is 0 Å². The second-order valence-corrected chi connectivity index (χ2v) is 7.19. The normalized spacial score (nSPS) is 20.5. The SMILES string of the molecule is O=C(C1=C(O)C(=O)N(CCCN2CCOCC2)[C@H]1c1ccccc1)c1ccco1. The van der Waals surface area contributed by atoms with E-state index in [0.717, 1.165) is 44.8 Å². The number of rotatable bonds is 7. The third-order valence-corrected chi connectivity index (χ3v) is 5.39. The van der Waals surface area contributed by atoms with E-state index < -0.39 is 23.5 Å². The van der Waals surface area contributed by atoms with Crippen molar-refractivity contribution in [2.45, 2.75) is 12.5 Å². The lowest BCUT2D eigenvalue weighted by Crippen LogP contribution is -2.39. The lowest BCUT2D eigenvalue weighted by molar-refractivity contribution is -0.129. The number of morpholine rings is 1. The molecule has 1 aromatic carbocycles. The molecule has 7 heteroatoms. The lowest BCUT2D eigenvalue weighted by atomic mass is 9.95. The summed E-state index contributed by atoms with van der Waals surface area (Å²) in [5, 5.41) is 10.6. The maximum atomic E-state index is 13.0. The third-order valence-electron chi connectivity index (χ3n) is 5.39. The first kappa shape index (κ1) is 19.4. The molecule has 1 amide bonds. The molecule has 29 heavy (non-hydrogen) atoms. The van der Waals surface area contributed by atoms with Gasteiger partial charge in [-0.25, -0.2) is 0 Å². The van der Waals surface area contributed by atoms with Crippen LogP contribution in [0.4, 0.5) is 0 Å². The summed E-state index contributed by atoms with van der Waals surface area (Å²) in [6, 6.07) is 11.8. The molecule has 2 aliphatic heterocycles. The second kappa shape index (κ2) is 8.63. The van der Waals surface area contributed by atoms with Crippen molar-refractivity contribution < 1.29 is 23.8 Å². The number of hydrogen-bond donors (Lipinski definition) is 1. The molecule has 2 aliphatic rings.